The molecule has 3 aliphatic rings. The Morgan fingerprint density at radius 1 is 1.12 bits per heavy atom. The van der Waals surface area contributed by atoms with Crippen molar-refractivity contribution >= 4 is 18.3 Å². The lowest BCUT2D eigenvalue weighted by Crippen LogP contribution is -2.41. The number of halogens is 1. The number of carbonyl (C=O) groups excluding carboxylic acids is 1. The van der Waals surface area contributed by atoms with E-state index in [1.165, 1.54) is 31.2 Å². The van der Waals surface area contributed by atoms with E-state index in [0.29, 0.717) is 35.9 Å². The zero-order valence-corrected chi connectivity index (χ0v) is 15.3. The van der Waals surface area contributed by atoms with Crippen LogP contribution in [0.4, 0.5) is 0 Å². The maximum Gasteiger partial charge on any atom is 0.223 e. The molecule has 1 aromatic rings. The van der Waals surface area contributed by atoms with Gasteiger partial charge in [-0.2, -0.15) is 0 Å². The van der Waals surface area contributed by atoms with Gasteiger partial charge in [-0.3, -0.25) is 4.79 Å². The first kappa shape index (κ1) is 17.8. The van der Waals surface area contributed by atoms with Crippen LogP contribution in [0.5, 0.6) is 0 Å². The number of nitrogens with zero attached hydrogens (tertiary/aromatic N) is 1. The molecule has 132 valence electrons. The van der Waals surface area contributed by atoms with E-state index in [4.69, 9.17) is 0 Å². The van der Waals surface area contributed by atoms with Crippen LogP contribution in [0, 0.1) is 5.92 Å². The fourth-order valence-electron chi connectivity index (χ4n) is 5.05. The normalized spacial score (nSPS) is 34.9. The molecule has 0 aromatic heterocycles. The van der Waals surface area contributed by atoms with Gasteiger partial charge in [0.15, 0.2) is 0 Å². The lowest BCUT2D eigenvalue weighted by Gasteiger charge is -2.31. The zero-order valence-electron chi connectivity index (χ0n) is 14.5. The number of nitrogens with one attached hydrogen (secondary N) is 1. The third-order valence-electron chi connectivity index (χ3n) is 6.20. The van der Waals surface area contributed by atoms with Crippen LogP contribution in [0.15, 0.2) is 30.3 Å². The van der Waals surface area contributed by atoms with Crippen molar-refractivity contribution in [2.24, 2.45) is 5.92 Å². The van der Waals surface area contributed by atoms with E-state index in [1.54, 1.807) is 0 Å². The monoisotopic (exact) mass is 348 g/mol. The zero-order chi connectivity index (χ0) is 15.8. The fraction of sp³-hybridized carbons (Fsp3) is 0.650. The molecule has 2 bridgehead atoms. The Balaban J connectivity index is 0.00000169. The van der Waals surface area contributed by atoms with Crippen LogP contribution >= 0.6 is 12.4 Å². The average Bonchev–Trinajstić information content (AvgIpc) is 3.11. The van der Waals surface area contributed by atoms with Crippen molar-refractivity contribution in [3.05, 3.63) is 35.9 Å². The first-order chi connectivity index (χ1) is 11.2. The van der Waals surface area contributed by atoms with Crippen molar-refractivity contribution in [2.75, 3.05) is 6.54 Å². The quantitative estimate of drug-likeness (QED) is 0.902. The highest BCUT2D eigenvalue weighted by molar-refractivity contribution is 5.85. The maximum atomic E-state index is 12.8. The average molecular weight is 349 g/mol. The summed E-state index contributed by atoms with van der Waals surface area (Å²) in [5.74, 6) is 1.51. The minimum atomic E-state index is 0. The van der Waals surface area contributed by atoms with Gasteiger partial charge in [0, 0.05) is 37.0 Å². The molecule has 3 fully saturated rings. The van der Waals surface area contributed by atoms with E-state index in [0.717, 1.165) is 19.4 Å². The van der Waals surface area contributed by atoms with Crippen LogP contribution in [0.1, 0.15) is 56.9 Å². The molecule has 3 saturated heterocycles. The molecule has 0 radical (unpaired) electrons. The molecule has 1 N–H and O–H groups in total. The van der Waals surface area contributed by atoms with Gasteiger partial charge in [0.2, 0.25) is 5.91 Å². The SMILES string of the molecule is CC1CC(c2ccccc2)CN1C(=O)CC1CC2CCC(C1)N2.Cl. The molecule has 0 aliphatic carbocycles. The molecular formula is C20H29ClN2O. The molecule has 24 heavy (non-hydrogen) atoms. The number of carbonyl (C=O) groups is 1. The summed E-state index contributed by atoms with van der Waals surface area (Å²) in [4.78, 5) is 15.0. The second-order valence-corrected chi connectivity index (χ2v) is 7.92. The van der Waals surface area contributed by atoms with Crippen LogP contribution in [0.3, 0.4) is 0 Å². The third-order valence-corrected chi connectivity index (χ3v) is 6.20. The molecule has 1 amide bonds. The number of fused-ring (bicyclic) bond motifs is 2. The summed E-state index contributed by atoms with van der Waals surface area (Å²) in [5.41, 5.74) is 1.38. The summed E-state index contributed by atoms with van der Waals surface area (Å²) in [7, 11) is 0. The van der Waals surface area contributed by atoms with Crippen LogP contribution in [0.2, 0.25) is 0 Å². The Kier molecular flexibility index (Phi) is 5.51. The van der Waals surface area contributed by atoms with Crippen molar-refractivity contribution in [2.45, 2.75) is 69.5 Å². The number of hydrogen-bond acceptors (Lipinski definition) is 2. The standard InChI is InChI=1S/C20H28N2O.ClH/c1-14-9-17(16-5-3-2-4-6-16)13-22(14)20(23)12-15-10-18-7-8-19(11-15)21-18;/h2-6,14-15,17-19,21H,7-13H2,1H3;1H. The molecule has 0 saturated carbocycles. The summed E-state index contributed by atoms with van der Waals surface area (Å²) in [6.07, 6.45) is 6.89. The summed E-state index contributed by atoms with van der Waals surface area (Å²) < 4.78 is 0. The molecule has 4 heteroatoms. The third kappa shape index (κ3) is 3.62. The Hall–Kier alpha value is -1.06. The maximum absolute atomic E-state index is 12.8. The van der Waals surface area contributed by atoms with Crippen LogP contribution in [-0.4, -0.2) is 35.5 Å². The van der Waals surface area contributed by atoms with Gasteiger partial charge in [0.1, 0.15) is 0 Å². The van der Waals surface area contributed by atoms with Crippen LogP contribution < -0.4 is 5.32 Å². The van der Waals surface area contributed by atoms with E-state index in [2.05, 4.69) is 47.5 Å². The topological polar surface area (TPSA) is 32.3 Å². The Labute approximate surface area is 151 Å². The molecular weight excluding hydrogens is 320 g/mol. The van der Waals surface area contributed by atoms with Gasteiger partial charge in [-0.1, -0.05) is 30.3 Å². The number of rotatable bonds is 3. The molecule has 1 aromatic carbocycles. The molecule has 3 nitrogen and oxygen atoms in total. The smallest absolute Gasteiger partial charge is 0.223 e. The lowest BCUT2D eigenvalue weighted by molar-refractivity contribution is -0.133. The predicted molar refractivity (Wildman–Crippen MR) is 99.5 cm³/mol. The minimum Gasteiger partial charge on any atom is -0.339 e. The Morgan fingerprint density at radius 3 is 2.46 bits per heavy atom. The van der Waals surface area contributed by atoms with Crippen molar-refractivity contribution < 1.29 is 4.79 Å². The van der Waals surface area contributed by atoms with Crippen LogP contribution in [-0.2, 0) is 4.79 Å². The largest absolute Gasteiger partial charge is 0.339 e. The van der Waals surface area contributed by atoms with Gasteiger partial charge in [-0.15, -0.1) is 12.4 Å². The number of amides is 1. The van der Waals surface area contributed by atoms with Gasteiger partial charge >= 0.3 is 0 Å². The van der Waals surface area contributed by atoms with Crippen molar-refractivity contribution in [1.82, 2.24) is 10.2 Å². The minimum absolute atomic E-state index is 0. The van der Waals surface area contributed by atoms with Crippen molar-refractivity contribution in [1.29, 1.82) is 0 Å². The number of likely N-dealkylation sites (tertiary alicyclic amines) is 1. The van der Waals surface area contributed by atoms with E-state index < -0.39 is 0 Å². The van der Waals surface area contributed by atoms with Crippen molar-refractivity contribution in [3.63, 3.8) is 0 Å². The van der Waals surface area contributed by atoms with E-state index in [9.17, 15) is 4.79 Å². The first-order valence-corrected chi connectivity index (χ1v) is 9.29. The number of benzene rings is 1. The lowest BCUT2D eigenvalue weighted by atomic mass is 9.89. The second kappa shape index (κ2) is 7.45. The van der Waals surface area contributed by atoms with E-state index in [-0.39, 0.29) is 12.4 Å². The van der Waals surface area contributed by atoms with E-state index in [1.807, 2.05) is 0 Å². The van der Waals surface area contributed by atoms with Gasteiger partial charge < -0.3 is 10.2 Å². The molecule has 3 heterocycles. The summed E-state index contributed by atoms with van der Waals surface area (Å²) in [6, 6.07) is 12.4. The summed E-state index contributed by atoms with van der Waals surface area (Å²) in [6.45, 7) is 3.12. The van der Waals surface area contributed by atoms with Crippen LogP contribution in [0.25, 0.3) is 0 Å². The van der Waals surface area contributed by atoms with Gasteiger partial charge in [-0.05, 0) is 50.5 Å². The molecule has 3 aliphatic heterocycles. The molecule has 0 spiro atoms. The predicted octanol–water partition coefficient (Wildman–Crippen LogP) is 3.73. The van der Waals surface area contributed by atoms with E-state index >= 15 is 0 Å². The van der Waals surface area contributed by atoms with Gasteiger partial charge in [0.25, 0.3) is 0 Å². The molecule has 4 atom stereocenters. The summed E-state index contributed by atoms with van der Waals surface area (Å²) >= 11 is 0. The Bertz CT molecular complexity index is 552. The second-order valence-electron chi connectivity index (χ2n) is 7.92. The highest BCUT2D eigenvalue weighted by atomic mass is 35.5. The summed E-state index contributed by atoms with van der Waals surface area (Å²) in [5, 5.41) is 3.68. The molecule has 4 unspecified atom stereocenters. The highest BCUT2D eigenvalue weighted by Gasteiger charge is 2.37. The number of piperidine rings is 1. The molecule has 4 rings (SSSR count). The Morgan fingerprint density at radius 2 is 1.79 bits per heavy atom. The van der Waals surface area contributed by atoms with Crippen molar-refractivity contribution in [3.8, 4) is 0 Å². The first-order valence-electron chi connectivity index (χ1n) is 9.29. The fourth-order valence-corrected chi connectivity index (χ4v) is 5.05. The van der Waals surface area contributed by atoms with Gasteiger partial charge in [-0.25, -0.2) is 0 Å². The number of hydrogen-bond donors (Lipinski definition) is 1. The van der Waals surface area contributed by atoms with Gasteiger partial charge in [0.05, 0.1) is 0 Å². The highest BCUT2D eigenvalue weighted by Crippen LogP contribution is 2.35.